The van der Waals surface area contributed by atoms with Gasteiger partial charge in [0.2, 0.25) is 0 Å². The van der Waals surface area contributed by atoms with E-state index in [0.717, 1.165) is 51.7 Å². The van der Waals surface area contributed by atoms with Crippen LogP contribution in [-0.4, -0.2) is 45.0 Å². The fraction of sp³-hybridized carbons (Fsp3) is 0.632. The van der Waals surface area contributed by atoms with Crippen LogP contribution in [0.5, 0.6) is 0 Å². The Morgan fingerprint density at radius 2 is 2.24 bits per heavy atom. The molecule has 6 heteroatoms. The first-order valence-electron chi connectivity index (χ1n) is 9.05. The summed E-state index contributed by atoms with van der Waals surface area (Å²) in [6, 6.07) is 8.46. The van der Waals surface area contributed by atoms with Crippen molar-refractivity contribution in [2.24, 2.45) is 4.99 Å². The van der Waals surface area contributed by atoms with Crippen LogP contribution < -0.4 is 10.6 Å². The molecule has 1 saturated heterocycles. The van der Waals surface area contributed by atoms with Crippen molar-refractivity contribution < 1.29 is 9.47 Å². The average molecular weight is 461 g/mol. The van der Waals surface area contributed by atoms with E-state index >= 15 is 0 Å². The minimum absolute atomic E-state index is 0. The highest BCUT2D eigenvalue weighted by atomic mass is 127. The normalized spacial score (nSPS) is 17.2. The predicted molar refractivity (Wildman–Crippen MR) is 114 cm³/mol. The summed E-state index contributed by atoms with van der Waals surface area (Å²) >= 11 is 0. The van der Waals surface area contributed by atoms with Crippen molar-refractivity contribution in [2.75, 3.05) is 32.9 Å². The fourth-order valence-electron chi connectivity index (χ4n) is 2.69. The van der Waals surface area contributed by atoms with Crippen molar-refractivity contribution in [1.29, 1.82) is 0 Å². The zero-order valence-electron chi connectivity index (χ0n) is 15.4. The molecule has 1 unspecified atom stereocenters. The van der Waals surface area contributed by atoms with Crippen LogP contribution in [0.25, 0.3) is 0 Å². The zero-order valence-corrected chi connectivity index (χ0v) is 17.8. The molecule has 1 aromatic carbocycles. The minimum Gasteiger partial charge on any atom is -0.379 e. The Morgan fingerprint density at radius 1 is 1.36 bits per heavy atom. The molecule has 25 heavy (non-hydrogen) atoms. The van der Waals surface area contributed by atoms with Crippen LogP contribution in [0.1, 0.15) is 37.3 Å². The highest BCUT2D eigenvalue weighted by molar-refractivity contribution is 14.0. The molecule has 2 N–H and O–H groups in total. The van der Waals surface area contributed by atoms with Crippen molar-refractivity contribution in [3.63, 3.8) is 0 Å². The molecular formula is C19H32IN3O2. The van der Waals surface area contributed by atoms with Crippen molar-refractivity contribution >= 4 is 29.9 Å². The first-order valence-corrected chi connectivity index (χ1v) is 9.05. The second-order valence-corrected chi connectivity index (χ2v) is 6.17. The van der Waals surface area contributed by atoms with Crippen LogP contribution in [0.3, 0.4) is 0 Å². The van der Waals surface area contributed by atoms with Gasteiger partial charge in [-0.15, -0.1) is 24.0 Å². The Bertz CT molecular complexity index is 505. The largest absolute Gasteiger partial charge is 0.379 e. The number of hydrogen-bond acceptors (Lipinski definition) is 3. The average Bonchev–Trinajstić information content (AvgIpc) is 3.09. The van der Waals surface area contributed by atoms with Gasteiger partial charge in [0.05, 0.1) is 19.3 Å². The first-order chi connectivity index (χ1) is 11.8. The molecule has 2 rings (SSSR count). The Morgan fingerprint density at radius 3 is 2.96 bits per heavy atom. The van der Waals surface area contributed by atoms with E-state index in [0.29, 0.717) is 12.6 Å². The predicted octanol–water partition coefficient (Wildman–Crippen LogP) is 3.25. The van der Waals surface area contributed by atoms with Gasteiger partial charge in [-0.2, -0.15) is 0 Å². The molecule has 0 bridgehead atoms. The highest BCUT2D eigenvalue weighted by Crippen LogP contribution is 2.11. The molecule has 0 spiro atoms. The molecule has 1 aromatic rings. The number of ether oxygens (including phenoxy) is 2. The van der Waals surface area contributed by atoms with Gasteiger partial charge < -0.3 is 20.1 Å². The Labute approximate surface area is 169 Å². The summed E-state index contributed by atoms with van der Waals surface area (Å²) in [6.07, 6.45) is 3.57. The lowest BCUT2D eigenvalue weighted by atomic mass is 10.1. The fourth-order valence-corrected chi connectivity index (χ4v) is 2.69. The van der Waals surface area contributed by atoms with Gasteiger partial charge in [-0.1, -0.05) is 29.8 Å². The van der Waals surface area contributed by atoms with Gasteiger partial charge in [-0.05, 0) is 38.7 Å². The second kappa shape index (κ2) is 13.4. The van der Waals surface area contributed by atoms with Gasteiger partial charge in [-0.3, -0.25) is 0 Å². The van der Waals surface area contributed by atoms with Crippen molar-refractivity contribution in [3.8, 4) is 0 Å². The molecular weight excluding hydrogens is 429 g/mol. The number of halogens is 1. The third-order valence-electron chi connectivity index (χ3n) is 3.93. The van der Waals surface area contributed by atoms with Crippen LogP contribution >= 0.6 is 24.0 Å². The highest BCUT2D eigenvalue weighted by Gasteiger charge is 2.14. The quantitative estimate of drug-likeness (QED) is 0.257. The van der Waals surface area contributed by atoms with Gasteiger partial charge in [-0.25, -0.2) is 4.99 Å². The molecule has 1 aliphatic rings. The van der Waals surface area contributed by atoms with Gasteiger partial charge in [0.25, 0.3) is 0 Å². The van der Waals surface area contributed by atoms with E-state index in [-0.39, 0.29) is 24.0 Å². The van der Waals surface area contributed by atoms with Crippen LogP contribution in [0, 0.1) is 6.92 Å². The number of benzene rings is 1. The van der Waals surface area contributed by atoms with Crippen LogP contribution in [0.4, 0.5) is 0 Å². The first kappa shape index (κ1) is 22.2. The Kier molecular flexibility index (Phi) is 11.9. The maximum absolute atomic E-state index is 5.68. The summed E-state index contributed by atoms with van der Waals surface area (Å²) in [6.45, 7) is 8.94. The molecule has 1 fully saturated rings. The molecule has 1 aliphatic heterocycles. The monoisotopic (exact) mass is 461 g/mol. The van der Waals surface area contributed by atoms with Crippen LogP contribution in [0.2, 0.25) is 0 Å². The molecule has 0 aliphatic carbocycles. The van der Waals surface area contributed by atoms with E-state index < -0.39 is 0 Å². The van der Waals surface area contributed by atoms with Gasteiger partial charge in [0.1, 0.15) is 0 Å². The lowest BCUT2D eigenvalue weighted by Crippen LogP contribution is -2.38. The third-order valence-corrected chi connectivity index (χ3v) is 3.93. The lowest BCUT2D eigenvalue weighted by molar-refractivity contribution is 0.0168. The molecule has 0 amide bonds. The van der Waals surface area contributed by atoms with Crippen molar-refractivity contribution in [2.45, 2.75) is 45.8 Å². The molecule has 0 saturated carbocycles. The number of nitrogens with zero attached hydrogens (tertiary/aromatic N) is 1. The zero-order chi connectivity index (χ0) is 17.0. The molecule has 0 radical (unpaired) electrons. The summed E-state index contributed by atoms with van der Waals surface area (Å²) in [5.74, 6) is 0.859. The number of nitrogens with one attached hydrogen (secondary N) is 2. The number of aliphatic imine (C=N–C) groups is 1. The molecule has 1 heterocycles. The van der Waals surface area contributed by atoms with Gasteiger partial charge >= 0.3 is 0 Å². The summed E-state index contributed by atoms with van der Waals surface area (Å²) < 4.78 is 11.2. The SMILES string of the molecule is CCNC(=NCc1cccc(C)c1)NCCCOCC1CCCO1.I. The summed E-state index contributed by atoms with van der Waals surface area (Å²) in [7, 11) is 0. The standard InChI is InChI=1S/C19H31N3O2.HI/c1-3-20-19(22-14-17-8-4-7-16(2)13-17)21-10-6-11-23-15-18-9-5-12-24-18;/h4,7-8,13,18H,3,5-6,9-12,14-15H2,1-2H3,(H2,20,21,22);1H. The van der Waals surface area contributed by atoms with Crippen LogP contribution in [-0.2, 0) is 16.0 Å². The molecule has 1 atom stereocenters. The summed E-state index contributed by atoms with van der Waals surface area (Å²) in [4.78, 5) is 4.64. The second-order valence-electron chi connectivity index (χ2n) is 6.17. The van der Waals surface area contributed by atoms with E-state index in [1.54, 1.807) is 0 Å². The number of hydrogen-bond donors (Lipinski definition) is 2. The van der Waals surface area contributed by atoms with E-state index in [2.05, 4.69) is 53.7 Å². The Balaban J connectivity index is 0.00000312. The number of guanidine groups is 1. The van der Waals surface area contributed by atoms with Gasteiger partial charge in [0, 0.05) is 26.3 Å². The summed E-state index contributed by atoms with van der Waals surface area (Å²) in [5, 5.41) is 6.64. The number of aryl methyl sites for hydroxylation is 1. The lowest BCUT2D eigenvalue weighted by Gasteiger charge is -2.12. The smallest absolute Gasteiger partial charge is 0.191 e. The Hall–Kier alpha value is -0.860. The van der Waals surface area contributed by atoms with E-state index in [1.165, 1.54) is 17.5 Å². The maximum Gasteiger partial charge on any atom is 0.191 e. The maximum atomic E-state index is 5.68. The van der Waals surface area contributed by atoms with E-state index in [4.69, 9.17) is 9.47 Å². The van der Waals surface area contributed by atoms with Gasteiger partial charge in [0.15, 0.2) is 5.96 Å². The van der Waals surface area contributed by atoms with Crippen LogP contribution in [0.15, 0.2) is 29.3 Å². The minimum atomic E-state index is 0. The topological polar surface area (TPSA) is 54.9 Å². The van der Waals surface area contributed by atoms with E-state index in [1.807, 2.05) is 0 Å². The van der Waals surface area contributed by atoms with Crippen molar-refractivity contribution in [1.82, 2.24) is 10.6 Å². The third kappa shape index (κ3) is 9.42. The molecule has 5 nitrogen and oxygen atoms in total. The molecule has 142 valence electrons. The molecule has 0 aromatic heterocycles. The van der Waals surface area contributed by atoms with Crippen molar-refractivity contribution in [3.05, 3.63) is 35.4 Å². The summed E-state index contributed by atoms with van der Waals surface area (Å²) in [5.41, 5.74) is 2.50. The number of rotatable bonds is 9. The van der Waals surface area contributed by atoms with E-state index in [9.17, 15) is 0 Å².